The van der Waals surface area contributed by atoms with Crippen molar-refractivity contribution in [3.05, 3.63) is 30.1 Å². The lowest BCUT2D eigenvalue weighted by Crippen LogP contribution is -2.19. The first-order valence-electron chi connectivity index (χ1n) is 5.72. The number of methoxy groups -OCH3 is 2. The van der Waals surface area contributed by atoms with E-state index in [0.717, 1.165) is 37.4 Å². The van der Waals surface area contributed by atoms with Crippen LogP contribution in [-0.4, -0.2) is 38.9 Å². The molecule has 0 fully saturated rings. The van der Waals surface area contributed by atoms with E-state index in [4.69, 9.17) is 9.47 Å². The van der Waals surface area contributed by atoms with Gasteiger partial charge in [-0.15, -0.1) is 0 Å². The molecule has 4 nitrogen and oxygen atoms in total. The topological polar surface area (TPSA) is 43.4 Å². The average molecular weight is 236 g/mol. The molecule has 1 aromatic heterocycles. The number of nitrogens with one attached hydrogen (secondary N) is 1. The smallest absolute Gasteiger partial charge is 0.137 e. The largest absolute Gasteiger partial charge is 0.495 e. The zero-order chi connectivity index (χ0) is 12.3. The summed E-state index contributed by atoms with van der Waals surface area (Å²) < 4.78 is 10.0. The van der Waals surface area contributed by atoms with Crippen molar-refractivity contribution in [3.8, 4) is 5.75 Å². The van der Waals surface area contributed by atoms with Crippen LogP contribution in [-0.2, 0) is 4.74 Å². The Morgan fingerprint density at radius 2 is 2.18 bits per heavy atom. The van der Waals surface area contributed by atoms with E-state index in [9.17, 15) is 0 Å². The molecule has 0 bridgehead atoms. The normalized spacial score (nSPS) is 10.9. The van der Waals surface area contributed by atoms with Gasteiger partial charge in [-0.1, -0.05) is 12.2 Å². The van der Waals surface area contributed by atoms with Crippen LogP contribution in [0.1, 0.15) is 12.0 Å². The molecule has 0 aliphatic carbocycles. The average Bonchev–Trinajstić information content (AvgIpc) is 2.38. The Kier molecular flexibility index (Phi) is 7.02. The molecular weight excluding hydrogens is 216 g/mol. The molecule has 1 rings (SSSR count). The van der Waals surface area contributed by atoms with Crippen LogP contribution in [0.25, 0.3) is 6.08 Å². The Hall–Kier alpha value is -1.39. The Balaban J connectivity index is 2.23. The summed E-state index contributed by atoms with van der Waals surface area (Å²) in [5.41, 5.74) is 1.06. The second-order valence-corrected chi connectivity index (χ2v) is 3.59. The molecule has 0 aliphatic heterocycles. The predicted octanol–water partition coefficient (Wildman–Crippen LogP) is 1.73. The molecule has 17 heavy (non-hydrogen) atoms. The van der Waals surface area contributed by atoms with Crippen molar-refractivity contribution in [1.82, 2.24) is 10.3 Å². The molecule has 0 unspecified atom stereocenters. The van der Waals surface area contributed by atoms with Gasteiger partial charge in [0.25, 0.3) is 0 Å². The SMILES string of the molecule is COCCNCC/C=C/c1cncc(OC)c1. The predicted molar refractivity (Wildman–Crippen MR) is 69.2 cm³/mol. The summed E-state index contributed by atoms with van der Waals surface area (Å²) in [7, 11) is 3.35. The van der Waals surface area contributed by atoms with Gasteiger partial charge < -0.3 is 14.8 Å². The Morgan fingerprint density at radius 3 is 2.94 bits per heavy atom. The van der Waals surface area contributed by atoms with Crippen LogP contribution >= 0.6 is 0 Å². The summed E-state index contributed by atoms with van der Waals surface area (Å²) in [5, 5.41) is 3.28. The maximum Gasteiger partial charge on any atom is 0.137 e. The second-order valence-electron chi connectivity index (χ2n) is 3.59. The van der Waals surface area contributed by atoms with Gasteiger partial charge in [0.15, 0.2) is 0 Å². The van der Waals surface area contributed by atoms with Gasteiger partial charge in [0, 0.05) is 19.9 Å². The van der Waals surface area contributed by atoms with Crippen molar-refractivity contribution in [3.63, 3.8) is 0 Å². The summed E-state index contributed by atoms with van der Waals surface area (Å²) in [5.74, 6) is 0.783. The first-order valence-corrected chi connectivity index (χ1v) is 5.72. The first kappa shape index (κ1) is 13.7. The van der Waals surface area contributed by atoms with Gasteiger partial charge >= 0.3 is 0 Å². The Morgan fingerprint density at radius 1 is 1.29 bits per heavy atom. The highest BCUT2D eigenvalue weighted by Crippen LogP contribution is 2.11. The molecule has 0 saturated carbocycles. The summed E-state index contributed by atoms with van der Waals surface area (Å²) in [6, 6.07) is 1.96. The van der Waals surface area contributed by atoms with Crippen molar-refractivity contribution in [2.24, 2.45) is 0 Å². The monoisotopic (exact) mass is 236 g/mol. The van der Waals surface area contributed by atoms with Gasteiger partial charge in [0.1, 0.15) is 5.75 Å². The zero-order valence-electron chi connectivity index (χ0n) is 10.5. The highest BCUT2D eigenvalue weighted by Gasteiger charge is 1.92. The number of pyridine rings is 1. The fraction of sp³-hybridized carbons (Fsp3) is 0.462. The van der Waals surface area contributed by atoms with Crippen LogP contribution in [0.3, 0.4) is 0 Å². The molecule has 0 aliphatic rings. The van der Waals surface area contributed by atoms with Crippen molar-refractivity contribution >= 4 is 6.08 Å². The van der Waals surface area contributed by atoms with Crippen LogP contribution in [0.5, 0.6) is 5.75 Å². The van der Waals surface area contributed by atoms with Crippen molar-refractivity contribution in [1.29, 1.82) is 0 Å². The lowest BCUT2D eigenvalue weighted by atomic mass is 10.2. The molecule has 94 valence electrons. The summed E-state index contributed by atoms with van der Waals surface area (Å²) in [6.07, 6.45) is 8.67. The van der Waals surface area contributed by atoms with Gasteiger partial charge in [0.2, 0.25) is 0 Å². The van der Waals surface area contributed by atoms with Crippen molar-refractivity contribution in [2.75, 3.05) is 33.9 Å². The Labute approximate surface area is 103 Å². The van der Waals surface area contributed by atoms with E-state index in [1.54, 1.807) is 20.4 Å². The third kappa shape index (κ3) is 6.04. The quantitative estimate of drug-likeness (QED) is 0.698. The van der Waals surface area contributed by atoms with E-state index in [1.807, 2.05) is 18.3 Å². The third-order valence-electron chi connectivity index (χ3n) is 2.25. The molecule has 4 heteroatoms. The van der Waals surface area contributed by atoms with Crippen LogP contribution in [0.4, 0.5) is 0 Å². The van der Waals surface area contributed by atoms with Crippen molar-refractivity contribution in [2.45, 2.75) is 6.42 Å². The number of hydrogen-bond acceptors (Lipinski definition) is 4. The summed E-state index contributed by atoms with van der Waals surface area (Å²) in [4.78, 5) is 4.09. The lowest BCUT2D eigenvalue weighted by molar-refractivity contribution is 0.199. The van der Waals surface area contributed by atoms with Crippen LogP contribution in [0.15, 0.2) is 24.5 Å². The maximum absolute atomic E-state index is 5.10. The molecule has 1 N–H and O–H groups in total. The third-order valence-corrected chi connectivity index (χ3v) is 2.25. The molecule has 1 aromatic rings. The number of nitrogens with zero attached hydrogens (tertiary/aromatic N) is 1. The van der Waals surface area contributed by atoms with Gasteiger partial charge in [-0.2, -0.15) is 0 Å². The maximum atomic E-state index is 5.10. The van der Waals surface area contributed by atoms with E-state index in [-0.39, 0.29) is 0 Å². The summed E-state index contributed by atoms with van der Waals surface area (Å²) >= 11 is 0. The molecule has 0 amide bonds. The first-order chi connectivity index (χ1) is 8.36. The van der Waals surface area contributed by atoms with Gasteiger partial charge in [-0.25, -0.2) is 0 Å². The lowest BCUT2D eigenvalue weighted by Gasteiger charge is -2.01. The zero-order valence-corrected chi connectivity index (χ0v) is 10.5. The van der Waals surface area contributed by atoms with E-state index >= 15 is 0 Å². The highest BCUT2D eigenvalue weighted by molar-refractivity contribution is 5.49. The van der Waals surface area contributed by atoms with E-state index in [2.05, 4.69) is 16.4 Å². The molecule has 0 aromatic carbocycles. The number of hydrogen-bond donors (Lipinski definition) is 1. The standard InChI is InChI=1S/C13H20N2O2/c1-16-8-7-14-6-4-3-5-12-9-13(17-2)11-15-10-12/h3,5,9-11,14H,4,6-8H2,1-2H3/b5-3+. The van der Waals surface area contributed by atoms with Crippen LogP contribution < -0.4 is 10.1 Å². The fourth-order valence-electron chi connectivity index (χ4n) is 1.34. The van der Waals surface area contributed by atoms with Gasteiger partial charge in [-0.05, 0) is 24.6 Å². The molecule has 0 spiro atoms. The highest BCUT2D eigenvalue weighted by atomic mass is 16.5. The number of aromatic nitrogens is 1. The second kappa shape index (κ2) is 8.73. The molecular formula is C13H20N2O2. The fourth-order valence-corrected chi connectivity index (χ4v) is 1.34. The molecule has 1 heterocycles. The minimum Gasteiger partial charge on any atom is -0.495 e. The number of ether oxygens (including phenoxy) is 2. The van der Waals surface area contributed by atoms with E-state index in [0.29, 0.717) is 0 Å². The molecule has 0 radical (unpaired) electrons. The van der Waals surface area contributed by atoms with Crippen LogP contribution in [0.2, 0.25) is 0 Å². The molecule has 0 saturated heterocycles. The van der Waals surface area contributed by atoms with E-state index in [1.165, 1.54) is 0 Å². The van der Waals surface area contributed by atoms with Gasteiger partial charge in [0.05, 0.1) is 19.9 Å². The van der Waals surface area contributed by atoms with E-state index < -0.39 is 0 Å². The molecule has 0 atom stereocenters. The van der Waals surface area contributed by atoms with Crippen LogP contribution in [0, 0.1) is 0 Å². The minimum absolute atomic E-state index is 0.753. The van der Waals surface area contributed by atoms with Crippen molar-refractivity contribution < 1.29 is 9.47 Å². The number of rotatable bonds is 8. The minimum atomic E-state index is 0.753. The van der Waals surface area contributed by atoms with Gasteiger partial charge in [-0.3, -0.25) is 4.98 Å². The summed E-state index contributed by atoms with van der Waals surface area (Å²) in [6.45, 7) is 2.60. The Bertz CT molecular complexity index is 340.